The van der Waals surface area contributed by atoms with Gasteiger partial charge in [0.05, 0.1) is 30.8 Å². The third kappa shape index (κ3) is 5.89. The van der Waals surface area contributed by atoms with Crippen LogP contribution in [0.2, 0.25) is 0 Å². The van der Waals surface area contributed by atoms with Gasteiger partial charge in [-0.15, -0.1) is 0 Å². The molecular formula is C31H36N8O2. The van der Waals surface area contributed by atoms with Crippen molar-refractivity contribution in [2.24, 2.45) is 0 Å². The van der Waals surface area contributed by atoms with E-state index in [9.17, 15) is 4.79 Å². The fraction of sp³-hybridized carbons (Fsp3) is 0.419. The Morgan fingerprint density at radius 2 is 1.66 bits per heavy atom. The fourth-order valence-electron chi connectivity index (χ4n) is 5.77. The number of fused-ring (bicyclic) bond motifs is 1. The van der Waals surface area contributed by atoms with Gasteiger partial charge in [-0.2, -0.15) is 5.10 Å². The highest BCUT2D eigenvalue weighted by molar-refractivity contribution is 5.91. The zero-order valence-electron chi connectivity index (χ0n) is 23.2. The molecule has 41 heavy (non-hydrogen) atoms. The van der Waals surface area contributed by atoms with Gasteiger partial charge in [-0.05, 0) is 55.5 Å². The number of hydrogen-bond donors (Lipinski definition) is 2. The Kier molecular flexibility index (Phi) is 7.24. The molecule has 2 aliphatic heterocycles. The second-order valence-electron chi connectivity index (χ2n) is 11.2. The summed E-state index contributed by atoms with van der Waals surface area (Å²) in [6, 6.07) is 18.9. The molecule has 0 unspecified atom stereocenters. The average molecular weight is 553 g/mol. The molecule has 3 fully saturated rings. The number of carbonyl (C=O) groups is 1. The van der Waals surface area contributed by atoms with E-state index >= 15 is 0 Å². The summed E-state index contributed by atoms with van der Waals surface area (Å²) in [5, 5.41) is 11.7. The van der Waals surface area contributed by atoms with Crippen LogP contribution in [0.1, 0.15) is 37.3 Å². The predicted octanol–water partition coefficient (Wildman–Crippen LogP) is 4.45. The Balaban J connectivity index is 1.14. The largest absolute Gasteiger partial charge is 0.378 e. The molecule has 2 amide bonds. The van der Waals surface area contributed by atoms with Crippen molar-refractivity contribution in [2.45, 2.75) is 44.3 Å². The molecule has 7 rings (SSSR count). The second-order valence-corrected chi connectivity index (χ2v) is 11.2. The van der Waals surface area contributed by atoms with Gasteiger partial charge < -0.3 is 20.3 Å². The van der Waals surface area contributed by atoms with Gasteiger partial charge in [-0.25, -0.2) is 19.4 Å². The van der Waals surface area contributed by atoms with Crippen LogP contribution in [0.4, 0.5) is 16.3 Å². The molecule has 10 heteroatoms. The molecule has 2 aromatic carbocycles. The first-order valence-electron chi connectivity index (χ1n) is 14.7. The van der Waals surface area contributed by atoms with E-state index in [1.165, 1.54) is 5.56 Å². The highest BCUT2D eigenvalue weighted by Gasteiger charge is 2.27. The average Bonchev–Trinajstić information content (AvgIpc) is 3.73. The van der Waals surface area contributed by atoms with Crippen LogP contribution in [0.15, 0.2) is 60.8 Å². The Hall–Kier alpha value is -4.02. The van der Waals surface area contributed by atoms with E-state index in [1.807, 2.05) is 30.5 Å². The van der Waals surface area contributed by atoms with Crippen molar-refractivity contribution in [2.75, 3.05) is 49.6 Å². The normalized spacial score (nSPS) is 18.5. The van der Waals surface area contributed by atoms with Crippen molar-refractivity contribution in [3.05, 3.63) is 66.4 Å². The van der Waals surface area contributed by atoms with Gasteiger partial charge in [-0.3, -0.25) is 4.90 Å². The number of likely N-dealkylation sites (tertiary alicyclic amines) is 1. The van der Waals surface area contributed by atoms with E-state index < -0.39 is 0 Å². The van der Waals surface area contributed by atoms with Crippen molar-refractivity contribution in [3.63, 3.8) is 0 Å². The number of carbonyl (C=O) groups excluding carboxylic acids is 1. The molecule has 10 nitrogen and oxygen atoms in total. The summed E-state index contributed by atoms with van der Waals surface area (Å²) in [5.74, 6) is 1.57. The highest BCUT2D eigenvalue weighted by atomic mass is 16.5. The standard InChI is InChI=1S/C31H36N8O2/c40-31(34-25-10-11-25)33-24-8-6-23(7-9-24)28-35-29(38-16-18-41-19-17-38)27-20-32-39(30(27)36-28)26-12-14-37(15-13-26)21-22-4-2-1-3-5-22/h1-9,20,25-26H,10-19,21H2,(H2,33,34,40). The number of rotatable bonds is 7. The first-order chi connectivity index (χ1) is 20.2. The van der Waals surface area contributed by atoms with Crippen molar-refractivity contribution < 1.29 is 9.53 Å². The monoisotopic (exact) mass is 552 g/mol. The van der Waals surface area contributed by atoms with Gasteiger partial charge in [0, 0.05) is 50.0 Å². The molecule has 212 valence electrons. The summed E-state index contributed by atoms with van der Waals surface area (Å²) in [6.07, 6.45) is 6.10. The number of nitrogens with one attached hydrogen (secondary N) is 2. The number of morpholine rings is 1. The number of urea groups is 1. The lowest BCUT2D eigenvalue weighted by molar-refractivity contribution is 0.122. The van der Waals surface area contributed by atoms with Crippen LogP contribution in [0, 0.1) is 0 Å². The maximum atomic E-state index is 12.2. The summed E-state index contributed by atoms with van der Waals surface area (Å²) >= 11 is 0. The van der Waals surface area contributed by atoms with Gasteiger partial charge in [0.2, 0.25) is 0 Å². The summed E-state index contributed by atoms with van der Waals surface area (Å²) in [5.41, 5.74) is 3.88. The molecule has 1 saturated carbocycles. The van der Waals surface area contributed by atoms with Crippen LogP contribution >= 0.6 is 0 Å². The summed E-state index contributed by atoms with van der Waals surface area (Å²) < 4.78 is 7.75. The van der Waals surface area contributed by atoms with Crippen molar-refractivity contribution in [1.82, 2.24) is 30.0 Å². The maximum absolute atomic E-state index is 12.2. The molecule has 2 saturated heterocycles. The van der Waals surface area contributed by atoms with E-state index in [4.69, 9.17) is 19.8 Å². The number of piperidine rings is 1. The summed E-state index contributed by atoms with van der Waals surface area (Å²) in [6.45, 7) is 5.96. The van der Waals surface area contributed by atoms with Crippen LogP contribution in [0.3, 0.4) is 0 Å². The van der Waals surface area contributed by atoms with Gasteiger partial charge >= 0.3 is 6.03 Å². The third-order valence-electron chi connectivity index (χ3n) is 8.21. The molecule has 3 aliphatic rings. The van der Waals surface area contributed by atoms with Gasteiger partial charge in [-0.1, -0.05) is 30.3 Å². The van der Waals surface area contributed by atoms with Crippen LogP contribution in [-0.2, 0) is 11.3 Å². The van der Waals surface area contributed by atoms with E-state index in [-0.39, 0.29) is 12.1 Å². The Morgan fingerprint density at radius 3 is 2.39 bits per heavy atom. The molecule has 0 atom stereocenters. The molecule has 0 bridgehead atoms. The highest BCUT2D eigenvalue weighted by Crippen LogP contribution is 2.32. The van der Waals surface area contributed by atoms with Crippen molar-refractivity contribution in [3.8, 4) is 11.4 Å². The topological polar surface area (TPSA) is 100 Å². The minimum absolute atomic E-state index is 0.161. The second kappa shape index (κ2) is 11.5. The molecule has 4 heterocycles. The molecule has 0 radical (unpaired) electrons. The molecule has 2 N–H and O–H groups in total. The van der Waals surface area contributed by atoms with Crippen LogP contribution in [0.25, 0.3) is 22.4 Å². The predicted molar refractivity (Wildman–Crippen MR) is 159 cm³/mol. The number of aromatic nitrogens is 4. The van der Waals surface area contributed by atoms with Crippen LogP contribution < -0.4 is 15.5 Å². The van der Waals surface area contributed by atoms with Crippen molar-refractivity contribution in [1.29, 1.82) is 0 Å². The first-order valence-corrected chi connectivity index (χ1v) is 14.7. The molecular weight excluding hydrogens is 516 g/mol. The van der Waals surface area contributed by atoms with E-state index in [0.717, 1.165) is 86.5 Å². The third-order valence-corrected chi connectivity index (χ3v) is 8.21. The number of nitrogens with zero attached hydrogens (tertiary/aromatic N) is 6. The Bertz CT molecular complexity index is 1490. The fourth-order valence-corrected chi connectivity index (χ4v) is 5.77. The van der Waals surface area contributed by atoms with E-state index in [1.54, 1.807) is 0 Å². The minimum Gasteiger partial charge on any atom is -0.378 e. The van der Waals surface area contributed by atoms with E-state index in [0.29, 0.717) is 25.1 Å². The number of amides is 2. The summed E-state index contributed by atoms with van der Waals surface area (Å²) in [7, 11) is 0. The Labute approximate surface area is 239 Å². The van der Waals surface area contributed by atoms with Crippen LogP contribution in [0.5, 0.6) is 0 Å². The molecule has 0 spiro atoms. The minimum atomic E-state index is -0.161. The van der Waals surface area contributed by atoms with Crippen molar-refractivity contribution >= 4 is 28.6 Å². The number of anilines is 2. The molecule has 4 aromatic rings. The zero-order valence-corrected chi connectivity index (χ0v) is 23.2. The maximum Gasteiger partial charge on any atom is 0.319 e. The SMILES string of the molecule is O=C(Nc1ccc(-c2nc(N3CCOCC3)c3cnn(C4CCN(Cc5ccccc5)CC4)c3n2)cc1)NC1CC1. The lowest BCUT2D eigenvalue weighted by Gasteiger charge is -2.32. The molecule has 2 aromatic heterocycles. The first kappa shape index (κ1) is 25.9. The van der Waals surface area contributed by atoms with Gasteiger partial charge in [0.25, 0.3) is 0 Å². The van der Waals surface area contributed by atoms with Gasteiger partial charge in [0.1, 0.15) is 5.82 Å². The lowest BCUT2D eigenvalue weighted by atomic mass is 10.0. The lowest BCUT2D eigenvalue weighted by Crippen LogP contribution is -2.37. The number of ether oxygens (including phenoxy) is 1. The molecule has 1 aliphatic carbocycles. The van der Waals surface area contributed by atoms with E-state index in [2.05, 4.69) is 55.4 Å². The number of benzene rings is 2. The Morgan fingerprint density at radius 1 is 0.902 bits per heavy atom. The quantitative estimate of drug-likeness (QED) is 0.349. The smallest absolute Gasteiger partial charge is 0.319 e. The zero-order chi connectivity index (χ0) is 27.6. The van der Waals surface area contributed by atoms with Gasteiger partial charge in [0.15, 0.2) is 11.5 Å². The number of hydrogen-bond acceptors (Lipinski definition) is 7. The van der Waals surface area contributed by atoms with Crippen LogP contribution in [-0.4, -0.2) is 76.1 Å². The summed E-state index contributed by atoms with van der Waals surface area (Å²) in [4.78, 5) is 27.1.